The van der Waals surface area contributed by atoms with Crippen molar-refractivity contribution in [3.63, 3.8) is 0 Å². The number of benzene rings is 1. The number of nitrogens with zero attached hydrogens (tertiary/aromatic N) is 3. The van der Waals surface area contributed by atoms with Gasteiger partial charge in [0.1, 0.15) is 9.71 Å². The van der Waals surface area contributed by atoms with Crippen molar-refractivity contribution in [1.29, 1.82) is 0 Å². The first-order valence-electron chi connectivity index (χ1n) is 12.3. The molecule has 1 aliphatic heterocycles. The molecule has 1 aromatic carbocycles. The Bertz CT molecular complexity index is 1580. The molecule has 190 valence electrons. The molecular formula is C28H24N6O3S. The van der Waals surface area contributed by atoms with E-state index in [9.17, 15) is 14.4 Å². The second-order valence-electron chi connectivity index (χ2n) is 9.24. The first-order valence-corrected chi connectivity index (χ1v) is 13.1. The van der Waals surface area contributed by atoms with Crippen LogP contribution in [-0.2, 0) is 4.79 Å². The Morgan fingerprint density at radius 1 is 1.05 bits per heavy atom. The van der Waals surface area contributed by atoms with Gasteiger partial charge in [-0.05, 0) is 43.5 Å². The number of amides is 4. The first kappa shape index (κ1) is 23.8. The number of carbonyl (C=O) groups excluding carboxylic acids is 3. The maximum atomic E-state index is 13.4. The van der Waals surface area contributed by atoms with Gasteiger partial charge in [0.25, 0.3) is 5.91 Å². The molecule has 0 saturated heterocycles. The number of pyridine rings is 2. The molecule has 2 atom stereocenters. The van der Waals surface area contributed by atoms with Crippen molar-refractivity contribution in [2.75, 3.05) is 10.2 Å². The van der Waals surface area contributed by atoms with Crippen LogP contribution in [0.15, 0.2) is 73.6 Å². The van der Waals surface area contributed by atoms with Crippen molar-refractivity contribution in [3.05, 3.63) is 78.5 Å². The summed E-state index contributed by atoms with van der Waals surface area (Å²) in [5.41, 5.74) is 3.47. The van der Waals surface area contributed by atoms with Crippen molar-refractivity contribution in [3.8, 4) is 11.3 Å². The van der Waals surface area contributed by atoms with E-state index in [1.54, 1.807) is 29.4 Å². The number of anilines is 3. The highest BCUT2D eigenvalue weighted by Crippen LogP contribution is 2.46. The van der Waals surface area contributed by atoms with E-state index in [0.29, 0.717) is 33.2 Å². The van der Waals surface area contributed by atoms with Gasteiger partial charge in [0.2, 0.25) is 5.91 Å². The van der Waals surface area contributed by atoms with Gasteiger partial charge in [-0.3, -0.25) is 19.5 Å². The zero-order valence-corrected chi connectivity index (χ0v) is 21.1. The highest BCUT2D eigenvalue weighted by atomic mass is 32.1. The van der Waals surface area contributed by atoms with Crippen molar-refractivity contribution in [1.82, 2.24) is 20.6 Å². The lowest BCUT2D eigenvalue weighted by Gasteiger charge is -2.28. The largest absolute Gasteiger partial charge is 0.350 e. The molecule has 10 heteroatoms. The van der Waals surface area contributed by atoms with E-state index < -0.39 is 0 Å². The van der Waals surface area contributed by atoms with Crippen LogP contribution in [0.5, 0.6) is 0 Å². The van der Waals surface area contributed by atoms with Crippen molar-refractivity contribution >= 4 is 56.5 Å². The molecule has 6 rings (SSSR count). The summed E-state index contributed by atoms with van der Waals surface area (Å²) in [6.07, 6.45) is 6.74. The Balaban J connectivity index is 1.30. The van der Waals surface area contributed by atoms with E-state index in [4.69, 9.17) is 0 Å². The van der Waals surface area contributed by atoms with Crippen LogP contribution in [0.1, 0.15) is 28.9 Å². The second kappa shape index (κ2) is 9.71. The lowest BCUT2D eigenvalue weighted by atomic mass is 10.1. The summed E-state index contributed by atoms with van der Waals surface area (Å²) in [6.45, 7) is 3.48. The average Bonchev–Trinajstić information content (AvgIpc) is 3.54. The minimum atomic E-state index is -0.365. The van der Waals surface area contributed by atoms with E-state index in [0.717, 1.165) is 29.5 Å². The molecule has 4 heterocycles. The molecule has 0 unspecified atom stereocenters. The summed E-state index contributed by atoms with van der Waals surface area (Å²) in [4.78, 5) is 50.0. The van der Waals surface area contributed by atoms with E-state index in [2.05, 4.69) is 32.5 Å². The molecule has 1 saturated carbocycles. The normalized spacial score (nSPS) is 18.2. The van der Waals surface area contributed by atoms with Gasteiger partial charge in [-0.25, -0.2) is 9.78 Å². The van der Waals surface area contributed by atoms with Crippen LogP contribution in [0.2, 0.25) is 0 Å². The predicted molar refractivity (Wildman–Crippen MR) is 148 cm³/mol. The Labute approximate surface area is 222 Å². The minimum Gasteiger partial charge on any atom is -0.350 e. The Morgan fingerprint density at radius 2 is 1.82 bits per heavy atom. The molecule has 1 fully saturated rings. The monoisotopic (exact) mass is 524 g/mol. The molecule has 4 amide bonds. The molecule has 1 aliphatic carbocycles. The summed E-state index contributed by atoms with van der Waals surface area (Å²) in [7, 11) is 0. The summed E-state index contributed by atoms with van der Waals surface area (Å²) in [6, 6.07) is 14.7. The summed E-state index contributed by atoms with van der Waals surface area (Å²) in [5, 5.41) is 9.62. The molecule has 3 N–H and O–H groups in total. The van der Waals surface area contributed by atoms with Gasteiger partial charge in [0, 0.05) is 30.0 Å². The van der Waals surface area contributed by atoms with E-state index in [1.807, 2.05) is 36.4 Å². The molecule has 0 spiro atoms. The molecule has 4 aromatic rings. The smallest absolute Gasteiger partial charge is 0.331 e. The Morgan fingerprint density at radius 3 is 2.61 bits per heavy atom. The molecule has 38 heavy (non-hydrogen) atoms. The fraction of sp³-hybridized carbons (Fsp3) is 0.179. The summed E-state index contributed by atoms with van der Waals surface area (Å²) >= 11 is 1.25. The number of hydrogen-bond donors (Lipinski definition) is 3. The molecular weight excluding hydrogens is 500 g/mol. The fourth-order valence-corrected chi connectivity index (χ4v) is 6.10. The van der Waals surface area contributed by atoms with Crippen LogP contribution < -0.4 is 20.9 Å². The van der Waals surface area contributed by atoms with Crippen LogP contribution in [0.4, 0.5) is 21.9 Å². The van der Waals surface area contributed by atoms with Crippen LogP contribution in [0.3, 0.4) is 0 Å². The highest BCUT2D eigenvalue weighted by molar-refractivity contribution is 7.21. The molecule has 2 aliphatic rings. The topological polar surface area (TPSA) is 116 Å². The number of hydrogen-bond acceptors (Lipinski definition) is 6. The van der Waals surface area contributed by atoms with Crippen molar-refractivity contribution in [2.45, 2.75) is 31.3 Å². The average molecular weight is 525 g/mol. The number of aromatic nitrogens is 2. The van der Waals surface area contributed by atoms with E-state index in [1.165, 1.54) is 17.4 Å². The number of rotatable bonds is 6. The molecule has 0 radical (unpaired) electrons. The minimum absolute atomic E-state index is 0.00534. The number of thiophene rings is 1. The Kier molecular flexibility index (Phi) is 6.09. The van der Waals surface area contributed by atoms with E-state index in [-0.39, 0.29) is 29.9 Å². The van der Waals surface area contributed by atoms with Gasteiger partial charge in [-0.2, -0.15) is 0 Å². The van der Waals surface area contributed by atoms with Gasteiger partial charge in [-0.1, -0.05) is 36.9 Å². The fourth-order valence-electron chi connectivity index (χ4n) is 5.08. The number of carbonyl (C=O) groups is 3. The molecule has 9 nitrogen and oxygen atoms in total. The molecule has 0 bridgehead atoms. The van der Waals surface area contributed by atoms with Crippen LogP contribution in [-0.4, -0.2) is 39.9 Å². The highest BCUT2D eigenvalue weighted by Gasteiger charge is 2.34. The third-order valence-corrected chi connectivity index (χ3v) is 7.92. The third kappa shape index (κ3) is 4.28. The van der Waals surface area contributed by atoms with Crippen LogP contribution >= 0.6 is 11.3 Å². The first-order chi connectivity index (χ1) is 18.5. The van der Waals surface area contributed by atoms with Crippen LogP contribution in [0, 0.1) is 0 Å². The van der Waals surface area contributed by atoms with Crippen molar-refractivity contribution in [2.24, 2.45) is 0 Å². The van der Waals surface area contributed by atoms with Gasteiger partial charge in [0.15, 0.2) is 0 Å². The zero-order chi connectivity index (χ0) is 26.2. The van der Waals surface area contributed by atoms with Crippen molar-refractivity contribution < 1.29 is 14.4 Å². The lowest BCUT2D eigenvalue weighted by molar-refractivity contribution is -0.117. The van der Waals surface area contributed by atoms with Gasteiger partial charge in [-0.15, -0.1) is 11.3 Å². The third-order valence-electron chi connectivity index (χ3n) is 6.82. The van der Waals surface area contributed by atoms with Gasteiger partial charge >= 0.3 is 6.03 Å². The quantitative estimate of drug-likeness (QED) is 0.307. The zero-order valence-electron chi connectivity index (χ0n) is 20.3. The standard InChI is InChI=1S/C28H24N6O3S/c1-2-22(35)31-17-8-9-18(14-17)32-26(36)25-24-23-21(11-13-30-27(23)38-25)34(28(37)33-24)19-10-12-29-20(15-19)16-6-4-3-5-7-16/h2-7,10-13,15,17-18H,1,8-9,14H2,(H,31,35)(H,32,36)(H,33,37)/t17-,18-/m0/s1. The summed E-state index contributed by atoms with van der Waals surface area (Å²) < 4.78 is 0. The molecule has 3 aromatic heterocycles. The predicted octanol–water partition coefficient (Wildman–Crippen LogP) is 5.00. The van der Waals surface area contributed by atoms with Gasteiger partial charge < -0.3 is 16.0 Å². The summed E-state index contributed by atoms with van der Waals surface area (Å²) in [5.74, 6) is -0.481. The maximum Gasteiger partial charge on any atom is 0.331 e. The number of urea groups is 1. The lowest BCUT2D eigenvalue weighted by Crippen LogP contribution is -2.37. The van der Waals surface area contributed by atoms with Gasteiger partial charge in [0.05, 0.1) is 28.1 Å². The van der Waals surface area contributed by atoms with Crippen LogP contribution in [0.25, 0.3) is 21.5 Å². The SMILES string of the molecule is C=CC(=O)N[C@H]1CC[C@H](NC(=O)c2sc3nccc4c3c2NC(=O)N4c2ccnc(-c3ccccc3)c2)C1. The maximum absolute atomic E-state index is 13.4. The second-order valence-corrected chi connectivity index (χ2v) is 10.2. The van der Waals surface area contributed by atoms with E-state index >= 15 is 0 Å². The number of nitrogens with one attached hydrogen (secondary N) is 3. The Hall–Kier alpha value is -4.57.